The number of halogens is 1. The zero-order valence-corrected chi connectivity index (χ0v) is 12.1. The van der Waals surface area contributed by atoms with Gasteiger partial charge in [-0.05, 0) is 36.6 Å². The number of fused-ring (bicyclic) bond motifs is 1. The van der Waals surface area contributed by atoms with Crippen LogP contribution in [0.5, 0.6) is 0 Å². The summed E-state index contributed by atoms with van der Waals surface area (Å²) in [6.45, 7) is 0.696. The van der Waals surface area contributed by atoms with Gasteiger partial charge in [-0.3, -0.25) is 4.79 Å². The summed E-state index contributed by atoms with van der Waals surface area (Å²) in [4.78, 5) is 18.5. The Morgan fingerprint density at radius 2 is 2.14 bits per heavy atom. The van der Waals surface area contributed by atoms with Crippen molar-refractivity contribution >= 4 is 29.0 Å². The van der Waals surface area contributed by atoms with Crippen LogP contribution >= 0.6 is 11.6 Å². The van der Waals surface area contributed by atoms with Crippen LogP contribution in [0.1, 0.15) is 22.3 Å². The molecule has 1 aromatic carbocycles. The summed E-state index contributed by atoms with van der Waals surface area (Å²) >= 11 is 5.93. The van der Waals surface area contributed by atoms with Crippen LogP contribution in [0.3, 0.4) is 0 Å². The molecule has 1 amide bonds. The highest BCUT2D eigenvalue weighted by molar-refractivity contribution is 6.30. The predicted molar refractivity (Wildman–Crippen MR) is 83.5 cm³/mol. The normalized spacial score (nSPS) is 13.7. The molecule has 0 saturated carbocycles. The Morgan fingerprint density at radius 3 is 2.95 bits per heavy atom. The molecule has 108 valence electrons. The van der Waals surface area contributed by atoms with Crippen LogP contribution in [-0.4, -0.2) is 17.4 Å². The zero-order valence-electron chi connectivity index (χ0n) is 11.3. The quantitative estimate of drug-likeness (QED) is 0.508. The van der Waals surface area contributed by atoms with E-state index in [4.69, 9.17) is 17.4 Å². The highest BCUT2D eigenvalue weighted by Crippen LogP contribution is 2.28. The fourth-order valence-electron chi connectivity index (χ4n) is 2.59. The lowest BCUT2D eigenvalue weighted by atomic mass is 10.0. The number of benzene rings is 1. The van der Waals surface area contributed by atoms with Gasteiger partial charge in [0.05, 0.1) is 0 Å². The van der Waals surface area contributed by atoms with E-state index in [2.05, 4.69) is 16.5 Å². The van der Waals surface area contributed by atoms with Crippen LogP contribution < -0.4 is 16.2 Å². The van der Waals surface area contributed by atoms with Gasteiger partial charge < -0.3 is 10.3 Å². The number of para-hydroxylation sites is 1. The predicted octanol–water partition coefficient (Wildman–Crippen LogP) is 2.61. The van der Waals surface area contributed by atoms with Crippen LogP contribution in [0.15, 0.2) is 36.4 Å². The van der Waals surface area contributed by atoms with Crippen molar-refractivity contribution in [2.24, 2.45) is 5.84 Å². The topological polar surface area (TPSA) is 71.2 Å². The van der Waals surface area contributed by atoms with Crippen molar-refractivity contribution in [1.29, 1.82) is 0 Å². The molecule has 0 spiro atoms. The van der Waals surface area contributed by atoms with Crippen LogP contribution in [-0.2, 0) is 6.42 Å². The number of nitrogens with zero attached hydrogens (tertiary/aromatic N) is 2. The van der Waals surface area contributed by atoms with Gasteiger partial charge >= 0.3 is 0 Å². The number of amides is 1. The van der Waals surface area contributed by atoms with Crippen molar-refractivity contribution in [3.63, 3.8) is 0 Å². The lowest BCUT2D eigenvalue weighted by Crippen LogP contribution is -2.35. The number of aryl methyl sites for hydroxylation is 1. The largest absolute Gasteiger partial charge is 0.308 e. The maximum Gasteiger partial charge on any atom is 0.258 e. The summed E-state index contributed by atoms with van der Waals surface area (Å²) in [5, 5.41) is 0.235. The number of nitrogens with one attached hydrogen (secondary N) is 1. The molecule has 3 rings (SSSR count). The minimum Gasteiger partial charge on any atom is -0.308 e. The minimum atomic E-state index is -0.0945. The Morgan fingerprint density at radius 1 is 1.33 bits per heavy atom. The Kier molecular flexibility index (Phi) is 3.77. The number of carbonyl (C=O) groups excluding carboxylic acids is 1. The molecule has 1 aromatic heterocycles. The molecule has 0 unspecified atom stereocenters. The minimum absolute atomic E-state index is 0.0945. The van der Waals surface area contributed by atoms with E-state index in [1.165, 1.54) is 5.56 Å². The molecule has 0 radical (unpaired) electrons. The maximum atomic E-state index is 12.8. The summed E-state index contributed by atoms with van der Waals surface area (Å²) in [5.74, 6) is 5.62. The highest BCUT2D eigenvalue weighted by atomic mass is 35.5. The average Bonchev–Trinajstić information content (AvgIpc) is 2.53. The van der Waals surface area contributed by atoms with E-state index in [9.17, 15) is 4.79 Å². The van der Waals surface area contributed by atoms with Gasteiger partial charge in [0.25, 0.3) is 5.91 Å². The fraction of sp³-hybridized carbons (Fsp3) is 0.200. The molecule has 0 atom stereocenters. The second kappa shape index (κ2) is 5.71. The third kappa shape index (κ3) is 2.70. The third-order valence-electron chi connectivity index (χ3n) is 3.54. The van der Waals surface area contributed by atoms with E-state index in [1.807, 2.05) is 18.2 Å². The number of hydrazine groups is 1. The summed E-state index contributed by atoms with van der Waals surface area (Å²) in [5.41, 5.74) is 5.04. The number of pyridine rings is 1. The molecule has 3 N–H and O–H groups in total. The molecule has 5 nitrogen and oxygen atoms in total. The summed E-state index contributed by atoms with van der Waals surface area (Å²) in [7, 11) is 0. The zero-order chi connectivity index (χ0) is 14.8. The van der Waals surface area contributed by atoms with Gasteiger partial charge in [-0.1, -0.05) is 29.8 Å². The molecule has 2 aromatic rings. The smallest absolute Gasteiger partial charge is 0.258 e. The lowest BCUT2D eigenvalue weighted by molar-refractivity contribution is 0.0985. The van der Waals surface area contributed by atoms with Gasteiger partial charge in [0.15, 0.2) is 0 Å². The number of nitrogen functional groups attached to an aromatic ring is 1. The van der Waals surface area contributed by atoms with E-state index in [-0.39, 0.29) is 11.1 Å². The number of rotatable bonds is 2. The van der Waals surface area contributed by atoms with Gasteiger partial charge in [0.1, 0.15) is 11.0 Å². The van der Waals surface area contributed by atoms with Gasteiger partial charge in [-0.2, -0.15) is 0 Å². The molecule has 0 bridgehead atoms. The molecule has 0 fully saturated rings. The van der Waals surface area contributed by atoms with Crippen LogP contribution in [0.25, 0.3) is 0 Å². The number of anilines is 2. The second-order valence-corrected chi connectivity index (χ2v) is 5.28. The van der Waals surface area contributed by atoms with E-state index >= 15 is 0 Å². The van der Waals surface area contributed by atoms with Crippen molar-refractivity contribution in [3.05, 3.63) is 52.7 Å². The molecular formula is C15H15ClN4O. The molecule has 0 saturated heterocycles. The van der Waals surface area contributed by atoms with Crippen molar-refractivity contribution in [2.75, 3.05) is 16.9 Å². The number of nitrogens with two attached hydrogens (primary N) is 1. The van der Waals surface area contributed by atoms with Crippen molar-refractivity contribution in [2.45, 2.75) is 12.8 Å². The number of aromatic nitrogens is 1. The lowest BCUT2D eigenvalue weighted by Gasteiger charge is -2.29. The van der Waals surface area contributed by atoms with E-state index in [0.29, 0.717) is 17.9 Å². The third-order valence-corrected chi connectivity index (χ3v) is 3.74. The van der Waals surface area contributed by atoms with Crippen LogP contribution in [0.2, 0.25) is 5.15 Å². The first-order chi connectivity index (χ1) is 10.2. The van der Waals surface area contributed by atoms with E-state index < -0.39 is 0 Å². The summed E-state index contributed by atoms with van der Waals surface area (Å²) < 4.78 is 0. The van der Waals surface area contributed by atoms with E-state index in [1.54, 1.807) is 17.0 Å². The van der Waals surface area contributed by atoms with Gasteiger partial charge in [-0.25, -0.2) is 10.8 Å². The van der Waals surface area contributed by atoms with Gasteiger partial charge in [0.2, 0.25) is 0 Å². The molecule has 21 heavy (non-hydrogen) atoms. The average molecular weight is 303 g/mol. The van der Waals surface area contributed by atoms with Crippen molar-refractivity contribution in [3.8, 4) is 0 Å². The molecule has 2 heterocycles. The van der Waals surface area contributed by atoms with Crippen molar-refractivity contribution < 1.29 is 4.79 Å². The van der Waals surface area contributed by atoms with Crippen LogP contribution in [0, 0.1) is 0 Å². The Hall–Kier alpha value is -2.11. The molecule has 0 aliphatic carbocycles. The van der Waals surface area contributed by atoms with E-state index in [0.717, 1.165) is 18.5 Å². The Balaban J connectivity index is 1.98. The first-order valence-electron chi connectivity index (χ1n) is 6.73. The Labute approximate surface area is 127 Å². The number of hydrogen-bond donors (Lipinski definition) is 2. The first-order valence-corrected chi connectivity index (χ1v) is 7.11. The fourth-order valence-corrected chi connectivity index (χ4v) is 2.80. The van der Waals surface area contributed by atoms with Crippen LogP contribution in [0.4, 0.5) is 11.5 Å². The molecule has 6 heteroatoms. The highest BCUT2D eigenvalue weighted by Gasteiger charge is 2.23. The number of hydrogen-bond acceptors (Lipinski definition) is 4. The monoisotopic (exact) mass is 302 g/mol. The summed E-state index contributed by atoms with van der Waals surface area (Å²) in [6.07, 6.45) is 1.94. The molecular weight excluding hydrogens is 288 g/mol. The number of carbonyl (C=O) groups is 1. The second-order valence-electron chi connectivity index (χ2n) is 4.90. The summed E-state index contributed by atoms with van der Waals surface area (Å²) in [6, 6.07) is 11.1. The Bertz CT molecular complexity index is 689. The molecule has 1 aliphatic rings. The van der Waals surface area contributed by atoms with Gasteiger partial charge in [-0.15, -0.1) is 0 Å². The first kappa shape index (κ1) is 13.9. The molecule has 1 aliphatic heterocycles. The van der Waals surface area contributed by atoms with Gasteiger partial charge in [0, 0.05) is 17.8 Å². The maximum absolute atomic E-state index is 12.8. The van der Waals surface area contributed by atoms with Crippen molar-refractivity contribution in [1.82, 2.24) is 4.98 Å². The standard InChI is InChI=1S/C15H15ClN4O/c16-13-8-11(9-14(18-13)19-17)15(21)20-7-3-5-10-4-1-2-6-12(10)20/h1-2,4,6,8-9H,3,5,7,17H2,(H,18,19). The SMILES string of the molecule is NNc1cc(C(=O)N2CCCc3ccccc32)cc(Cl)n1.